The van der Waals surface area contributed by atoms with Gasteiger partial charge in [0.05, 0.1) is 12.8 Å². The molecular weight excluding hydrogens is 384 g/mol. The molecule has 0 spiro atoms. The summed E-state index contributed by atoms with van der Waals surface area (Å²) < 4.78 is 5.25. The molecule has 0 aliphatic carbocycles. The van der Waals surface area contributed by atoms with Gasteiger partial charge in [0.25, 0.3) is 5.91 Å². The van der Waals surface area contributed by atoms with Crippen molar-refractivity contribution in [3.63, 3.8) is 0 Å². The summed E-state index contributed by atoms with van der Waals surface area (Å²) in [5.74, 6) is 2.24. The van der Waals surface area contributed by atoms with Crippen LogP contribution in [0.3, 0.4) is 0 Å². The van der Waals surface area contributed by atoms with Crippen LogP contribution in [0.1, 0.15) is 40.7 Å². The molecule has 0 unspecified atom stereocenters. The van der Waals surface area contributed by atoms with E-state index >= 15 is 0 Å². The van der Waals surface area contributed by atoms with Gasteiger partial charge >= 0.3 is 0 Å². The summed E-state index contributed by atoms with van der Waals surface area (Å²) in [6.07, 6.45) is 2.66. The van der Waals surface area contributed by atoms with Gasteiger partial charge < -0.3 is 14.6 Å². The Hall–Kier alpha value is -2.80. The van der Waals surface area contributed by atoms with Crippen molar-refractivity contribution in [2.24, 2.45) is 0 Å². The molecule has 7 heteroatoms. The second kappa shape index (κ2) is 10.1. The third-order valence-corrected chi connectivity index (χ3v) is 5.25. The Balaban J connectivity index is 1.62. The minimum atomic E-state index is -0.122. The number of anilines is 1. The molecule has 1 N–H and O–H groups in total. The molecule has 1 aromatic carbocycles. The highest BCUT2D eigenvalue weighted by Crippen LogP contribution is 2.23. The van der Waals surface area contributed by atoms with Gasteiger partial charge in [0.15, 0.2) is 5.16 Å². The number of amides is 1. The average Bonchev–Trinajstić information content (AvgIpc) is 3.24. The quantitative estimate of drug-likeness (QED) is 0.415. The number of furan rings is 1. The van der Waals surface area contributed by atoms with E-state index in [1.807, 2.05) is 50.4 Å². The Morgan fingerprint density at radius 2 is 2.07 bits per heavy atom. The molecule has 0 aliphatic rings. The van der Waals surface area contributed by atoms with E-state index in [1.165, 1.54) is 0 Å². The van der Waals surface area contributed by atoms with Gasteiger partial charge in [-0.25, -0.2) is 9.97 Å². The number of aromatic nitrogens is 2. The highest BCUT2D eigenvalue weighted by atomic mass is 32.2. The Morgan fingerprint density at radius 1 is 1.21 bits per heavy atom. The maximum Gasteiger partial charge on any atom is 0.251 e. The number of thioether (sulfide) groups is 1. The fourth-order valence-corrected chi connectivity index (χ4v) is 3.71. The van der Waals surface area contributed by atoms with Crippen LogP contribution >= 0.6 is 11.8 Å². The Morgan fingerprint density at radius 3 is 2.83 bits per heavy atom. The number of carbonyl (C=O) groups excluding carboxylic acids is 1. The lowest BCUT2D eigenvalue weighted by molar-refractivity contribution is 0.0948. The van der Waals surface area contributed by atoms with Gasteiger partial charge in [-0.15, -0.1) is 0 Å². The third-order valence-electron chi connectivity index (χ3n) is 4.33. The molecule has 29 heavy (non-hydrogen) atoms. The SMILES string of the molecule is CCCN(C)c1cc(C)nc(SCc2cccc(C(=O)NCc3ccco3)c2)n1. The minimum absolute atomic E-state index is 0.122. The van der Waals surface area contributed by atoms with Crippen LogP contribution in [0.25, 0.3) is 0 Å². The number of aryl methyl sites for hydroxylation is 1. The molecule has 0 saturated carbocycles. The predicted molar refractivity (Wildman–Crippen MR) is 116 cm³/mol. The van der Waals surface area contributed by atoms with Crippen molar-refractivity contribution in [2.75, 3.05) is 18.5 Å². The van der Waals surface area contributed by atoms with Gasteiger partial charge in [-0.3, -0.25) is 4.79 Å². The summed E-state index contributed by atoms with van der Waals surface area (Å²) in [6, 6.07) is 13.3. The van der Waals surface area contributed by atoms with Crippen molar-refractivity contribution in [3.8, 4) is 0 Å². The Bertz CT molecular complexity index is 944. The molecule has 0 atom stereocenters. The first-order chi connectivity index (χ1) is 14.0. The topological polar surface area (TPSA) is 71.3 Å². The second-order valence-electron chi connectivity index (χ2n) is 6.82. The number of benzene rings is 1. The molecule has 3 aromatic rings. The standard InChI is InChI=1S/C22H26N4O2S/c1-4-10-26(3)20-12-16(2)24-22(25-20)29-15-17-7-5-8-18(13-17)21(27)23-14-19-9-6-11-28-19/h5-9,11-13H,4,10,14-15H2,1-3H3,(H,23,27). The van der Waals surface area contributed by atoms with Gasteiger partial charge in [0.2, 0.25) is 0 Å². The minimum Gasteiger partial charge on any atom is -0.467 e. The van der Waals surface area contributed by atoms with Crippen molar-refractivity contribution < 1.29 is 9.21 Å². The van der Waals surface area contributed by atoms with Gasteiger partial charge in [0, 0.05) is 36.7 Å². The van der Waals surface area contributed by atoms with Crippen LogP contribution in [-0.4, -0.2) is 29.5 Å². The van der Waals surface area contributed by atoms with Crippen LogP contribution in [0.15, 0.2) is 58.3 Å². The van der Waals surface area contributed by atoms with Gasteiger partial charge in [-0.2, -0.15) is 0 Å². The zero-order valence-corrected chi connectivity index (χ0v) is 17.8. The highest BCUT2D eigenvalue weighted by molar-refractivity contribution is 7.98. The number of hydrogen-bond donors (Lipinski definition) is 1. The lowest BCUT2D eigenvalue weighted by atomic mass is 10.1. The van der Waals surface area contributed by atoms with Crippen molar-refractivity contribution in [1.82, 2.24) is 15.3 Å². The number of carbonyl (C=O) groups is 1. The molecule has 0 aliphatic heterocycles. The van der Waals surface area contributed by atoms with Crippen molar-refractivity contribution in [1.29, 1.82) is 0 Å². The summed E-state index contributed by atoms with van der Waals surface area (Å²) in [5, 5.41) is 3.62. The lowest BCUT2D eigenvalue weighted by Gasteiger charge is -2.18. The Kier molecular flexibility index (Phi) is 7.30. The first-order valence-corrected chi connectivity index (χ1v) is 10.6. The van der Waals surface area contributed by atoms with E-state index in [9.17, 15) is 4.79 Å². The van der Waals surface area contributed by atoms with Crippen LogP contribution in [-0.2, 0) is 12.3 Å². The number of nitrogens with zero attached hydrogens (tertiary/aromatic N) is 3. The van der Waals surface area contributed by atoms with E-state index < -0.39 is 0 Å². The first kappa shape index (κ1) is 20.9. The molecule has 1 amide bonds. The molecule has 2 aromatic heterocycles. The molecule has 0 radical (unpaired) electrons. The number of nitrogens with one attached hydrogen (secondary N) is 1. The summed E-state index contributed by atoms with van der Waals surface area (Å²) in [7, 11) is 2.05. The average molecular weight is 411 g/mol. The fraction of sp³-hybridized carbons (Fsp3) is 0.318. The molecule has 0 fully saturated rings. The van der Waals surface area contributed by atoms with Crippen molar-refractivity contribution in [2.45, 2.75) is 37.7 Å². The molecule has 0 bridgehead atoms. The molecule has 0 saturated heterocycles. The van der Waals surface area contributed by atoms with Crippen LogP contribution in [0.4, 0.5) is 5.82 Å². The molecule has 3 rings (SSSR count). The molecule has 152 valence electrons. The van der Waals surface area contributed by atoms with Crippen LogP contribution in [0.5, 0.6) is 0 Å². The molecule has 2 heterocycles. The summed E-state index contributed by atoms with van der Waals surface area (Å²) in [4.78, 5) is 23.8. The number of rotatable bonds is 9. The van der Waals surface area contributed by atoms with Gasteiger partial charge in [-0.1, -0.05) is 30.8 Å². The van der Waals surface area contributed by atoms with E-state index in [1.54, 1.807) is 24.1 Å². The monoisotopic (exact) mass is 410 g/mol. The summed E-state index contributed by atoms with van der Waals surface area (Å²) in [5.41, 5.74) is 2.63. The molecule has 6 nitrogen and oxygen atoms in total. The summed E-state index contributed by atoms with van der Waals surface area (Å²) >= 11 is 1.57. The molecular formula is C22H26N4O2S. The third kappa shape index (κ3) is 6.09. The fourth-order valence-electron chi connectivity index (χ4n) is 2.87. The zero-order valence-electron chi connectivity index (χ0n) is 17.0. The Labute approximate surface area is 175 Å². The first-order valence-electron chi connectivity index (χ1n) is 9.64. The second-order valence-corrected chi connectivity index (χ2v) is 7.77. The summed E-state index contributed by atoms with van der Waals surface area (Å²) in [6.45, 7) is 5.46. The van der Waals surface area contributed by atoms with Crippen molar-refractivity contribution >= 4 is 23.5 Å². The van der Waals surface area contributed by atoms with Crippen molar-refractivity contribution in [3.05, 3.63) is 71.3 Å². The van der Waals surface area contributed by atoms with Gasteiger partial charge in [0.1, 0.15) is 11.6 Å². The maximum absolute atomic E-state index is 12.4. The van der Waals surface area contributed by atoms with E-state index in [2.05, 4.69) is 27.1 Å². The number of hydrogen-bond acceptors (Lipinski definition) is 6. The predicted octanol–water partition coefficient (Wildman–Crippen LogP) is 4.45. The van der Waals surface area contributed by atoms with Gasteiger partial charge in [-0.05, 0) is 43.2 Å². The van der Waals surface area contributed by atoms with E-state index in [0.29, 0.717) is 17.9 Å². The van der Waals surface area contributed by atoms with E-state index in [-0.39, 0.29) is 5.91 Å². The largest absolute Gasteiger partial charge is 0.467 e. The zero-order chi connectivity index (χ0) is 20.6. The van der Waals surface area contributed by atoms with Crippen LogP contribution in [0, 0.1) is 6.92 Å². The maximum atomic E-state index is 12.4. The van der Waals surface area contributed by atoms with Crippen LogP contribution in [0.2, 0.25) is 0 Å². The van der Waals surface area contributed by atoms with E-state index in [0.717, 1.165) is 41.0 Å². The smallest absolute Gasteiger partial charge is 0.251 e. The van der Waals surface area contributed by atoms with Crippen LogP contribution < -0.4 is 10.2 Å². The normalized spacial score (nSPS) is 10.7. The highest BCUT2D eigenvalue weighted by Gasteiger charge is 2.10. The van der Waals surface area contributed by atoms with E-state index in [4.69, 9.17) is 4.42 Å². The lowest BCUT2D eigenvalue weighted by Crippen LogP contribution is -2.22.